The van der Waals surface area contributed by atoms with E-state index >= 15 is 0 Å². The summed E-state index contributed by atoms with van der Waals surface area (Å²) in [6.07, 6.45) is 7.27. The molecule has 0 fully saturated rings. The molecular weight excluding hydrogens is 312 g/mol. The number of nitrogens with zero attached hydrogens (tertiary/aromatic N) is 3. The van der Waals surface area contributed by atoms with E-state index in [9.17, 15) is 4.79 Å². The van der Waals surface area contributed by atoms with E-state index in [0.717, 1.165) is 15.3 Å². The van der Waals surface area contributed by atoms with Crippen molar-refractivity contribution in [1.29, 1.82) is 0 Å². The van der Waals surface area contributed by atoms with E-state index < -0.39 is 0 Å². The lowest BCUT2D eigenvalue weighted by molar-refractivity contribution is 1.00. The molecule has 0 amide bonds. The van der Waals surface area contributed by atoms with Crippen molar-refractivity contribution < 1.29 is 0 Å². The van der Waals surface area contributed by atoms with Crippen LogP contribution < -0.4 is 11.3 Å². The number of fused-ring (bicyclic) bond motifs is 5. The van der Waals surface area contributed by atoms with Gasteiger partial charge in [0.05, 0.1) is 22.3 Å². The normalized spacial score (nSPS) is 11.8. The van der Waals surface area contributed by atoms with Crippen LogP contribution in [-0.4, -0.2) is 24.6 Å². The number of nitrogens with two attached hydrogens (primary N) is 1. The van der Waals surface area contributed by atoms with Crippen LogP contribution in [0.5, 0.6) is 0 Å². The lowest BCUT2D eigenvalue weighted by atomic mass is 10.2. The molecule has 0 saturated carbocycles. The minimum atomic E-state index is -0.183. The average Bonchev–Trinajstić information content (AvgIpc) is 3.21. The predicted octanol–water partition coefficient (Wildman–Crippen LogP) is 2.36. The summed E-state index contributed by atoms with van der Waals surface area (Å²) in [5, 5.41) is 5.11. The number of anilines is 1. The summed E-state index contributed by atoms with van der Waals surface area (Å²) in [4.78, 5) is 24.5. The summed E-state index contributed by atoms with van der Waals surface area (Å²) in [7, 11) is 0. The number of nitrogen functional groups attached to an aromatic ring is 1. The van der Waals surface area contributed by atoms with Crippen LogP contribution in [0.15, 0.2) is 41.7 Å². The van der Waals surface area contributed by atoms with Gasteiger partial charge in [-0.3, -0.25) is 9.78 Å². The van der Waals surface area contributed by atoms with E-state index in [0.29, 0.717) is 27.6 Å². The lowest BCUT2D eigenvalue weighted by Crippen LogP contribution is -2.06. The third-order valence-corrected chi connectivity index (χ3v) is 4.95. The monoisotopic (exact) mass is 322 g/mol. The zero-order valence-electron chi connectivity index (χ0n) is 11.7. The topological polar surface area (TPSA) is 105 Å². The lowest BCUT2D eigenvalue weighted by Gasteiger charge is -1.99. The number of H-pyrrole nitrogens is 2. The summed E-state index contributed by atoms with van der Waals surface area (Å²) in [6, 6.07) is 3.68. The Bertz CT molecular complexity index is 1240. The second kappa shape index (κ2) is 4.20. The molecule has 5 aromatic rings. The maximum Gasteiger partial charge on any atom is 0.261 e. The molecule has 23 heavy (non-hydrogen) atoms. The van der Waals surface area contributed by atoms with Gasteiger partial charge in [-0.1, -0.05) is 0 Å². The van der Waals surface area contributed by atoms with E-state index in [-0.39, 0.29) is 5.56 Å². The van der Waals surface area contributed by atoms with Crippen LogP contribution in [0.2, 0.25) is 0 Å². The molecule has 0 spiro atoms. The Morgan fingerprint density at radius 1 is 1.30 bits per heavy atom. The highest BCUT2D eigenvalue weighted by atomic mass is 32.1. The fourth-order valence-electron chi connectivity index (χ4n) is 2.78. The van der Waals surface area contributed by atoms with Gasteiger partial charge in [0.25, 0.3) is 5.56 Å². The summed E-state index contributed by atoms with van der Waals surface area (Å²) < 4.78 is 1.74. The van der Waals surface area contributed by atoms with Gasteiger partial charge in [-0.15, -0.1) is 11.3 Å². The van der Waals surface area contributed by atoms with Gasteiger partial charge in [-0.2, -0.15) is 5.10 Å². The first kappa shape index (κ1) is 12.4. The number of pyridine rings is 2. The fourth-order valence-corrected chi connectivity index (χ4v) is 3.86. The molecule has 5 rings (SSSR count). The number of hydrogen-bond acceptors (Lipinski definition) is 5. The smallest absolute Gasteiger partial charge is 0.261 e. The maximum absolute atomic E-state index is 12.5. The maximum atomic E-state index is 12.5. The second-order valence-corrected chi connectivity index (χ2v) is 6.32. The zero-order chi connectivity index (χ0) is 15.6. The van der Waals surface area contributed by atoms with Crippen LogP contribution in [0.25, 0.3) is 37.2 Å². The van der Waals surface area contributed by atoms with Gasteiger partial charge in [-0.05, 0) is 12.1 Å². The van der Waals surface area contributed by atoms with Gasteiger partial charge in [0.15, 0.2) is 0 Å². The van der Waals surface area contributed by atoms with Crippen molar-refractivity contribution in [3.05, 3.63) is 47.3 Å². The molecule has 5 aromatic heterocycles. The molecule has 5 heterocycles. The van der Waals surface area contributed by atoms with Crippen molar-refractivity contribution in [3.8, 4) is 10.4 Å². The van der Waals surface area contributed by atoms with Crippen molar-refractivity contribution in [2.24, 2.45) is 0 Å². The van der Waals surface area contributed by atoms with E-state index in [2.05, 4.69) is 20.1 Å². The fraction of sp³-hybridized carbons (Fsp3) is 0. The Hall–Kier alpha value is -3.13. The van der Waals surface area contributed by atoms with Gasteiger partial charge >= 0.3 is 0 Å². The number of aromatic nitrogens is 5. The average molecular weight is 322 g/mol. The minimum Gasteiger partial charge on any atom is -0.397 e. The quantitative estimate of drug-likeness (QED) is 0.440. The van der Waals surface area contributed by atoms with Gasteiger partial charge in [0.2, 0.25) is 0 Å². The first-order valence-corrected chi connectivity index (χ1v) is 7.75. The Morgan fingerprint density at radius 2 is 2.22 bits per heavy atom. The van der Waals surface area contributed by atoms with Crippen molar-refractivity contribution in [1.82, 2.24) is 24.6 Å². The molecule has 0 aliphatic heterocycles. The van der Waals surface area contributed by atoms with Gasteiger partial charge in [0.1, 0.15) is 21.3 Å². The summed E-state index contributed by atoms with van der Waals surface area (Å²) in [5.41, 5.74) is 8.96. The molecular formula is C15H10N6OS. The highest BCUT2D eigenvalue weighted by Crippen LogP contribution is 2.32. The number of rotatable bonds is 1. The highest BCUT2D eigenvalue weighted by Gasteiger charge is 2.17. The van der Waals surface area contributed by atoms with Crippen molar-refractivity contribution in [3.63, 3.8) is 0 Å². The van der Waals surface area contributed by atoms with Gasteiger partial charge < -0.3 is 15.7 Å². The van der Waals surface area contributed by atoms with Crippen LogP contribution in [-0.2, 0) is 0 Å². The summed E-state index contributed by atoms with van der Waals surface area (Å²) in [5.74, 6) is 0. The van der Waals surface area contributed by atoms with Crippen molar-refractivity contribution >= 4 is 43.8 Å². The van der Waals surface area contributed by atoms with Crippen molar-refractivity contribution in [2.75, 3.05) is 5.73 Å². The number of aromatic amines is 2. The highest BCUT2D eigenvalue weighted by molar-refractivity contribution is 7.21. The van der Waals surface area contributed by atoms with E-state index in [1.54, 1.807) is 16.8 Å². The first-order chi connectivity index (χ1) is 11.2. The summed E-state index contributed by atoms with van der Waals surface area (Å²) >= 11 is 1.53. The second-order valence-electron chi connectivity index (χ2n) is 5.29. The first-order valence-electron chi connectivity index (χ1n) is 6.93. The third kappa shape index (κ3) is 1.66. The predicted molar refractivity (Wildman–Crippen MR) is 90.7 cm³/mol. The molecule has 0 aliphatic carbocycles. The standard InChI is InChI=1S/C15H10N6OS/c16-8-3-9-12(18-5-8)13-11(14(22)19-9)15-21(20-13)6-10(23-15)7-1-2-17-4-7/h1-6,17H,16H2,(H,19,22). The molecule has 7 nitrogen and oxygen atoms in total. The molecule has 0 unspecified atom stereocenters. The summed E-state index contributed by atoms with van der Waals surface area (Å²) in [6.45, 7) is 0. The largest absolute Gasteiger partial charge is 0.397 e. The van der Waals surface area contributed by atoms with Crippen LogP contribution in [0.3, 0.4) is 0 Å². The Morgan fingerprint density at radius 3 is 3.04 bits per heavy atom. The molecule has 0 radical (unpaired) electrons. The van der Waals surface area contributed by atoms with Crippen LogP contribution in [0.4, 0.5) is 5.69 Å². The molecule has 0 aliphatic rings. The zero-order valence-corrected chi connectivity index (χ0v) is 12.5. The molecule has 8 heteroatoms. The molecule has 0 aromatic carbocycles. The van der Waals surface area contributed by atoms with Crippen LogP contribution in [0.1, 0.15) is 0 Å². The van der Waals surface area contributed by atoms with E-state index in [1.165, 1.54) is 11.3 Å². The Kier molecular flexibility index (Phi) is 2.27. The number of thiazole rings is 1. The molecule has 0 atom stereocenters. The van der Waals surface area contributed by atoms with Gasteiger partial charge in [0, 0.05) is 24.2 Å². The number of nitrogens with one attached hydrogen (secondary N) is 2. The third-order valence-electron chi connectivity index (χ3n) is 3.80. The molecule has 0 saturated heterocycles. The van der Waals surface area contributed by atoms with Gasteiger partial charge in [-0.25, -0.2) is 4.52 Å². The minimum absolute atomic E-state index is 0.183. The number of hydrogen-bond donors (Lipinski definition) is 3. The SMILES string of the molecule is Nc1cnc2c(c1)[nH]c(=O)c1c2nn2cc(-c3cc[nH]c3)sc12. The molecule has 112 valence electrons. The van der Waals surface area contributed by atoms with Crippen molar-refractivity contribution in [2.45, 2.75) is 0 Å². The van der Waals surface area contributed by atoms with E-state index in [4.69, 9.17) is 5.73 Å². The Balaban J connectivity index is 1.91. The molecule has 0 bridgehead atoms. The van der Waals surface area contributed by atoms with E-state index in [1.807, 2.05) is 24.7 Å². The molecule has 4 N–H and O–H groups in total. The van der Waals surface area contributed by atoms with Crippen LogP contribution >= 0.6 is 11.3 Å². The Labute approximate surface area is 132 Å². The van der Waals surface area contributed by atoms with Crippen LogP contribution in [0, 0.1) is 0 Å².